The molecule has 0 aliphatic rings. The number of primary amides is 1. The zero-order valence-electron chi connectivity index (χ0n) is 10.7. The molecule has 0 saturated carbocycles. The monoisotopic (exact) mass is 267 g/mol. The van der Waals surface area contributed by atoms with E-state index in [1.807, 2.05) is 6.92 Å². The van der Waals surface area contributed by atoms with Crippen LogP contribution in [0.1, 0.15) is 23.7 Å². The molecule has 1 aromatic rings. The number of ether oxygens (including phenoxy) is 1. The van der Waals surface area contributed by atoms with Gasteiger partial charge in [-0.1, -0.05) is 0 Å². The number of nitrogens with one attached hydrogen (secondary N) is 1. The van der Waals surface area contributed by atoms with Gasteiger partial charge in [-0.3, -0.25) is 14.9 Å². The van der Waals surface area contributed by atoms with E-state index in [4.69, 9.17) is 10.5 Å². The molecule has 0 heterocycles. The van der Waals surface area contributed by atoms with Gasteiger partial charge in [0.1, 0.15) is 5.69 Å². The molecule has 0 spiro atoms. The van der Waals surface area contributed by atoms with Crippen LogP contribution in [0.2, 0.25) is 0 Å². The molecule has 104 valence electrons. The van der Waals surface area contributed by atoms with E-state index in [0.717, 1.165) is 0 Å². The molecule has 1 aromatic carbocycles. The first-order valence-corrected chi connectivity index (χ1v) is 5.96. The van der Waals surface area contributed by atoms with Gasteiger partial charge in [0.2, 0.25) is 5.91 Å². The lowest BCUT2D eigenvalue weighted by molar-refractivity contribution is -0.384. The maximum atomic E-state index is 11.1. The Bertz CT molecular complexity index is 462. The number of nitro benzene ring substituents is 1. The number of hydrogen-bond acceptors (Lipinski definition) is 5. The Morgan fingerprint density at radius 1 is 1.53 bits per heavy atom. The molecular weight excluding hydrogens is 250 g/mol. The molecule has 3 N–H and O–H groups in total. The number of nitrogens with zero attached hydrogens (tertiary/aromatic N) is 1. The van der Waals surface area contributed by atoms with Crippen molar-refractivity contribution in [3.05, 3.63) is 33.9 Å². The standard InChI is InChI=1S/C12H17N3O4/c1-2-19-7-3-6-14-10-8-9(12(13)16)4-5-11(10)15(17)18/h4-5,8,14H,2-3,6-7H2,1H3,(H2,13,16). The number of carbonyl (C=O) groups is 1. The Balaban J connectivity index is 2.74. The second kappa shape index (κ2) is 7.32. The summed E-state index contributed by atoms with van der Waals surface area (Å²) in [5.74, 6) is -0.618. The summed E-state index contributed by atoms with van der Waals surface area (Å²) < 4.78 is 5.16. The molecule has 1 amide bonds. The molecule has 0 bridgehead atoms. The Morgan fingerprint density at radius 2 is 2.26 bits per heavy atom. The molecule has 19 heavy (non-hydrogen) atoms. The molecule has 1 rings (SSSR count). The van der Waals surface area contributed by atoms with Crippen LogP contribution in [0.15, 0.2) is 18.2 Å². The number of rotatable bonds is 8. The van der Waals surface area contributed by atoms with Crippen LogP contribution in [0, 0.1) is 10.1 Å². The minimum absolute atomic E-state index is 0.0820. The summed E-state index contributed by atoms with van der Waals surface area (Å²) in [7, 11) is 0. The fraction of sp³-hybridized carbons (Fsp3) is 0.417. The SMILES string of the molecule is CCOCCCNc1cc(C(N)=O)ccc1[N+](=O)[O-]. The summed E-state index contributed by atoms with van der Waals surface area (Å²) in [5, 5.41) is 13.8. The van der Waals surface area contributed by atoms with E-state index >= 15 is 0 Å². The Labute approximate surface area is 110 Å². The normalized spacial score (nSPS) is 10.2. The van der Waals surface area contributed by atoms with Crippen LogP contribution < -0.4 is 11.1 Å². The molecule has 0 radical (unpaired) electrons. The van der Waals surface area contributed by atoms with Crippen molar-refractivity contribution in [3.63, 3.8) is 0 Å². The number of hydrogen-bond donors (Lipinski definition) is 2. The number of anilines is 1. The highest BCUT2D eigenvalue weighted by Gasteiger charge is 2.15. The van der Waals surface area contributed by atoms with Gasteiger partial charge < -0.3 is 15.8 Å². The number of nitro groups is 1. The number of benzene rings is 1. The molecule has 7 heteroatoms. The fourth-order valence-electron chi connectivity index (χ4n) is 1.53. The average molecular weight is 267 g/mol. The largest absolute Gasteiger partial charge is 0.382 e. The van der Waals surface area contributed by atoms with E-state index < -0.39 is 10.8 Å². The highest BCUT2D eigenvalue weighted by atomic mass is 16.6. The maximum absolute atomic E-state index is 11.1. The average Bonchev–Trinajstić information content (AvgIpc) is 2.38. The van der Waals surface area contributed by atoms with Crippen LogP contribution in [-0.2, 0) is 4.74 Å². The van der Waals surface area contributed by atoms with Crippen LogP contribution in [0.3, 0.4) is 0 Å². The predicted molar refractivity (Wildman–Crippen MR) is 71.2 cm³/mol. The minimum Gasteiger partial charge on any atom is -0.382 e. The van der Waals surface area contributed by atoms with Crippen molar-refractivity contribution in [2.75, 3.05) is 25.1 Å². The summed E-state index contributed by atoms with van der Waals surface area (Å²) in [6.45, 7) is 3.63. The molecule has 7 nitrogen and oxygen atoms in total. The minimum atomic E-state index is -0.618. The van der Waals surface area contributed by atoms with E-state index in [-0.39, 0.29) is 16.9 Å². The second-order valence-corrected chi connectivity index (χ2v) is 3.83. The van der Waals surface area contributed by atoms with Crippen LogP contribution >= 0.6 is 0 Å². The highest BCUT2D eigenvalue weighted by molar-refractivity contribution is 5.94. The van der Waals surface area contributed by atoms with Crippen molar-refractivity contribution in [1.29, 1.82) is 0 Å². The molecule has 0 aliphatic heterocycles. The molecular formula is C12H17N3O4. The van der Waals surface area contributed by atoms with Gasteiger partial charge >= 0.3 is 0 Å². The van der Waals surface area contributed by atoms with Gasteiger partial charge in [0.25, 0.3) is 5.69 Å². The third kappa shape index (κ3) is 4.55. The van der Waals surface area contributed by atoms with Crippen LogP contribution in [-0.4, -0.2) is 30.6 Å². The van der Waals surface area contributed by atoms with E-state index in [0.29, 0.717) is 26.2 Å². The first-order chi connectivity index (χ1) is 9.06. The van der Waals surface area contributed by atoms with Crippen molar-refractivity contribution in [3.8, 4) is 0 Å². The van der Waals surface area contributed by atoms with Crippen LogP contribution in [0.4, 0.5) is 11.4 Å². The van der Waals surface area contributed by atoms with Crippen molar-refractivity contribution in [2.24, 2.45) is 5.73 Å². The van der Waals surface area contributed by atoms with E-state index in [2.05, 4.69) is 5.32 Å². The van der Waals surface area contributed by atoms with Gasteiger partial charge in [0, 0.05) is 31.4 Å². The first kappa shape index (κ1) is 14.9. The third-order valence-electron chi connectivity index (χ3n) is 2.46. The van der Waals surface area contributed by atoms with Gasteiger partial charge in [-0.05, 0) is 25.5 Å². The van der Waals surface area contributed by atoms with Crippen LogP contribution in [0.5, 0.6) is 0 Å². The van der Waals surface area contributed by atoms with E-state index in [9.17, 15) is 14.9 Å². The lowest BCUT2D eigenvalue weighted by atomic mass is 10.1. The third-order valence-corrected chi connectivity index (χ3v) is 2.46. The maximum Gasteiger partial charge on any atom is 0.292 e. The Kier molecular flexibility index (Phi) is 5.74. The lowest BCUT2D eigenvalue weighted by Gasteiger charge is -2.08. The van der Waals surface area contributed by atoms with Crippen molar-refractivity contribution < 1.29 is 14.5 Å². The highest BCUT2D eigenvalue weighted by Crippen LogP contribution is 2.25. The number of nitrogens with two attached hydrogens (primary N) is 1. The van der Waals surface area contributed by atoms with Crippen LogP contribution in [0.25, 0.3) is 0 Å². The summed E-state index contributed by atoms with van der Waals surface area (Å²) in [5.41, 5.74) is 5.59. The Hall–Kier alpha value is -2.15. The predicted octanol–water partition coefficient (Wildman–Crippen LogP) is 1.53. The summed E-state index contributed by atoms with van der Waals surface area (Å²) in [6, 6.07) is 4.00. The lowest BCUT2D eigenvalue weighted by Crippen LogP contribution is -2.13. The molecule has 0 unspecified atom stereocenters. The van der Waals surface area contributed by atoms with E-state index in [1.54, 1.807) is 0 Å². The zero-order valence-corrected chi connectivity index (χ0v) is 10.7. The first-order valence-electron chi connectivity index (χ1n) is 5.96. The molecule has 0 aliphatic carbocycles. The molecule has 0 aromatic heterocycles. The summed E-state index contributed by atoms with van der Waals surface area (Å²) in [6.07, 6.45) is 0.714. The summed E-state index contributed by atoms with van der Waals surface area (Å²) >= 11 is 0. The molecule has 0 atom stereocenters. The fourth-order valence-corrected chi connectivity index (χ4v) is 1.53. The van der Waals surface area contributed by atoms with Gasteiger partial charge in [-0.2, -0.15) is 0 Å². The molecule has 0 saturated heterocycles. The van der Waals surface area contributed by atoms with Crippen molar-refractivity contribution in [1.82, 2.24) is 0 Å². The smallest absolute Gasteiger partial charge is 0.292 e. The summed E-state index contributed by atoms with van der Waals surface area (Å²) in [4.78, 5) is 21.4. The van der Waals surface area contributed by atoms with Gasteiger partial charge in [0.15, 0.2) is 0 Å². The van der Waals surface area contributed by atoms with Crippen molar-refractivity contribution in [2.45, 2.75) is 13.3 Å². The quantitative estimate of drug-likeness (QED) is 0.422. The van der Waals surface area contributed by atoms with Gasteiger partial charge in [0.05, 0.1) is 4.92 Å². The Morgan fingerprint density at radius 3 is 2.84 bits per heavy atom. The number of carbonyl (C=O) groups excluding carboxylic acids is 1. The zero-order chi connectivity index (χ0) is 14.3. The van der Waals surface area contributed by atoms with Crippen molar-refractivity contribution >= 4 is 17.3 Å². The second-order valence-electron chi connectivity index (χ2n) is 3.83. The molecule has 0 fully saturated rings. The number of amides is 1. The topological polar surface area (TPSA) is 107 Å². The van der Waals surface area contributed by atoms with Gasteiger partial charge in [-0.15, -0.1) is 0 Å². The van der Waals surface area contributed by atoms with Gasteiger partial charge in [-0.25, -0.2) is 0 Å². The van der Waals surface area contributed by atoms with E-state index in [1.165, 1.54) is 18.2 Å².